The average Bonchev–Trinajstić information content (AvgIpc) is 3.01. The summed E-state index contributed by atoms with van der Waals surface area (Å²) in [5.74, 6) is 0.958. The van der Waals surface area contributed by atoms with Gasteiger partial charge in [0.15, 0.2) is 11.0 Å². The SMILES string of the molecule is CC(NC(=O)CSc1nnc(-c2ccccc2)n1C)c1ccccc1Cl. The molecule has 0 aliphatic heterocycles. The van der Waals surface area contributed by atoms with Crippen LogP contribution in [-0.2, 0) is 11.8 Å². The molecule has 1 atom stereocenters. The molecule has 7 heteroatoms. The number of rotatable bonds is 6. The number of hydrogen-bond donors (Lipinski definition) is 1. The van der Waals surface area contributed by atoms with Gasteiger partial charge in [-0.15, -0.1) is 10.2 Å². The molecule has 3 rings (SSSR count). The van der Waals surface area contributed by atoms with Crippen molar-refractivity contribution in [2.24, 2.45) is 7.05 Å². The third-order valence-electron chi connectivity index (χ3n) is 3.95. The molecule has 1 aromatic heterocycles. The third-order valence-corrected chi connectivity index (χ3v) is 5.31. The molecule has 3 aromatic rings. The Hall–Kier alpha value is -2.31. The van der Waals surface area contributed by atoms with Crippen molar-refractivity contribution in [1.29, 1.82) is 0 Å². The number of thioether (sulfide) groups is 1. The third kappa shape index (κ3) is 4.26. The Morgan fingerprint density at radius 1 is 1.15 bits per heavy atom. The summed E-state index contributed by atoms with van der Waals surface area (Å²) in [6.07, 6.45) is 0. The Labute approximate surface area is 161 Å². The number of carbonyl (C=O) groups excluding carboxylic acids is 1. The first-order valence-electron chi connectivity index (χ1n) is 8.17. The van der Waals surface area contributed by atoms with E-state index >= 15 is 0 Å². The van der Waals surface area contributed by atoms with Gasteiger partial charge in [0.25, 0.3) is 0 Å². The molecule has 0 spiro atoms. The molecule has 1 heterocycles. The number of halogens is 1. The van der Waals surface area contributed by atoms with E-state index in [-0.39, 0.29) is 17.7 Å². The summed E-state index contributed by atoms with van der Waals surface area (Å²) in [4.78, 5) is 12.3. The molecule has 0 bridgehead atoms. The summed E-state index contributed by atoms with van der Waals surface area (Å²) < 4.78 is 1.89. The zero-order valence-electron chi connectivity index (χ0n) is 14.5. The molecule has 0 saturated heterocycles. The van der Waals surface area contributed by atoms with Crippen LogP contribution in [0.1, 0.15) is 18.5 Å². The molecular formula is C19H19ClN4OS. The fraction of sp³-hybridized carbons (Fsp3) is 0.211. The average molecular weight is 387 g/mol. The molecule has 0 aliphatic carbocycles. The lowest BCUT2D eigenvalue weighted by molar-refractivity contribution is -0.119. The molecule has 0 aliphatic rings. The zero-order chi connectivity index (χ0) is 18.5. The first kappa shape index (κ1) is 18.5. The lowest BCUT2D eigenvalue weighted by atomic mass is 10.1. The van der Waals surface area contributed by atoms with Gasteiger partial charge >= 0.3 is 0 Å². The minimum Gasteiger partial charge on any atom is -0.349 e. The predicted octanol–water partition coefficient (Wildman–Crippen LogP) is 4.11. The second-order valence-corrected chi connectivity index (χ2v) is 7.18. The fourth-order valence-electron chi connectivity index (χ4n) is 2.60. The van der Waals surface area contributed by atoms with Crippen molar-refractivity contribution in [3.05, 3.63) is 65.2 Å². The molecular weight excluding hydrogens is 368 g/mol. The number of amides is 1. The van der Waals surface area contributed by atoms with Gasteiger partial charge in [-0.05, 0) is 18.6 Å². The van der Waals surface area contributed by atoms with Crippen LogP contribution in [-0.4, -0.2) is 26.4 Å². The molecule has 1 N–H and O–H groups in total. The van der Waals surface area contributed by atoms with E-state index in [1.54, 1.807) is 0 Å². The number of carbonyl (C=O) groups is 1. The number of benzene rings is 2. The Kier molecular flexibility index (Phi) is 5.96. The summed E-state index contributed by atoms with van der Waals surface area (Å²) in [7, 11) is 1.90. The van der Waals surface area contributed by atoms with E-state index < -0.39 is 0 Å². The normalized spacial score (nSPS) is 12.0. The van der Waals surface area contributed by atoms with Gasteiger partial charge in [0.1, 0.15) is 0 Å². The monoisotopic (exact) mass is 386 g/mol. The van der Waals surface area contributed by atoms with Crippen LogP contribution >= 0.6 is 23.4 Å². The van der Waals surface area contributed by atoms with Crippen LogP contribution in [0.4, 0.5) is 0 Å². The van der Waals surface area contributed by atoms with E-state index in [4.69, 9.17) is 11.6 Å². The van der Waals surface area contributed by atoms with Gasteiger partial charge < -0.3 is 9.88 Å². The van der Waals surface area contributed by atoms with E-state index in [1.807, 2.05) is 73.1 Å². The first-order valence-corrected chi connectivity index (χ1v) is 9.54. The van der Waals surface area contributed by atoms with Gasteiger partial charge in [-0.25, -0.2) is 0 Å². The molecule has 0 fully saturated rings. The van der Waals surface area contributed by atoms with Crippen LogP contribution < -0.4 is 5.32 Å². The highest BCUT2D eigenvalue weighted by Gasteiger charge is 2.15. The molecule has 5 nitrogen and oxygen atoms in total. The Morgan fingerprint density at radius 3 is 2.58 bits per heavy atom. The molecule has 134 valence electrons. The number of nitrogens with zero attached hydrogens (tertiary/aromatic N) is 3. The second-order valence-electron chi connectivity index (χ2n) is 5.83. The lowest BCUT2D eigenvalue weighted by Gasteiger charge is -2.15. The topological polar surface area (TPSA) is 59.8 Å². The van der Waals surface area contributed by atoms with E-state index in [9.17, 15) is 4.79 Å². The summed E-state index contributed by atoms with van der Waals surface area (Å²) in [5.41, 5.74) is 1.89. The molecule has 26 heavy (non-hydrogen) atoms. The number of aromatic nitrogens is 3. The highest BCUT2D eigenvalue weighted by molar-refractivity contribution is 7.99. The molecule has 0 saturated carbocycles. The maximum Gasteiger partial charge on any atom is 0.230 e. The molecule has 2 aromatic carbocycles. The van der Waals surface area contributed by atoms with Gasteiger partial charge in [-0.3, -0.25) is 4.79 Å². The maximum absolute atomic E-state index is 12.3. The summed E-state index contributed by atoms with van der Waals surface area (Å²) in [6, 6.07) is 17.2. The second kappa shape index (κ2) is 8.38. The largest absolute Gasteiger partial charge is 0.349 e. The highest BCUT2D eigenvalue weighted by Crippen LogP contribution is 2.24. The maximum atomic E-state index is 12.3. The quantitative estimate of drug-likeness (QED) is 0.648. The van der Waals surface area contributed by atoms with Crippen molar-refractivity contribution in [2.75, 3.05) is 5.75 Å². The van der Waals surface area contributed by atoms with Gasteiger partial charge in [0.05, 0.1) is 11.8 Å². The number of nitrogens with one attached hydrogen (secondary N) is 1. The van der Waals surface area contributed by atoms with Crippen LogP contribution in [0, 0.1) is 0 Å². The van der Waals surface area contributed by atoms with Gasteiger partial charge in [-0.1, -0.05) is 71.9 Å². The minimum atomic E-state index is -0.156. The highest BCUT2D eigenvalue weighted by atomic mass is 35.5. The fourth-order valence-corrected chi connectivity index (χ4v) is 3.62. The van der Waals surface area contributed by atoms with Gasteiger partial charge in [-0.2, -0.15) is 0 Å². The van der Waals surface area contributed by atoms with E-state index in [0.29, 0.717) is 10.2 Å². The van der Waals surface area contributed by atoms with Crippen LogP contribution in [0.15, 0.2) is 59.8 Å². The van der Waals surface area contributed by atoms with Crippen molar-refractivity contribution < 1.29 is 4.79 Å². The van der Waals surface area contributed by atoms with Crippen molar-refractivity contribution in [3.63, 3.8) is 0 Å². The van der Waals surface area contributed by atoms with Crippen molar-refractivity contribution in [3.8, 4) is 11.4 Å². The Balaban J connectivity index is 1.60. The Morgan fingerprint density at radius 2 is 1.85 bits per heavy atom. The van der Waals surface area contributed by atoms with Gasteiger partial charge in [0.2, 0.25) is 5.91 Å². The van der Waals surface area contributed by atoms with Crippen LogP contribution in [0.3, 0.4) is 0 Å². The van der Waals surface area contributed by atoms with Crippen LogP contribution in [0.5, 0.6) is 0 Å². The smallest absolute Gasteiger partial charge is 0.230 e. The summed E-state index contributed by atoms with van der Waals surface area (Å²) >= 11 is 7.54. The predicted molar refractivity (Wildman–Crippen MR) is 105 cm³/mol. The first-order chi connectivity index (χ1) is 12.6. The van der Waals surface area contributed by atoms with E-state index in [0.717, 1.165) is 17.0 Å². The standard InChI is InChI=1S/C19H19ClN4OS/c1-13(15-10-6-7-11-16(15)20)21-17(25)12-26-19-23-22-18(24(19)2)14-8-4-3-5-9-14/h3-11,13H,12H2,1-2H3,(H,21,25). The number of hydrogen-bond acceptors (Lipinski definition) is 4. The van der Waals surface area contributed by atoms with Crippen LogP contribution in [0.25, 0.3) is 11.4 Å². The summed E-state index contributed by atoms with van der Waals surface area (Å²) in [5, 5.41) is 12.7. The van der Waals surface area contributed by atoms with Crippen molar-refractivity contribution >= 4 is 29.3 Å². The zero-order valence-corrected chi connectivity index (χ0v) is 16.1. The molecule has 0 radical (unpaired) electrons. The van der Waals surface area contributed by atoms with Crippen molar-refractivity contribution in [1.82, 2.24) is 20.1 Å². The summed E-state index contributed by atoms with van der Waals surface area (Å²) in [6.45, 7) is 1.92. The van der Waals surface area contributed by atoms with Crippen molar-refractivity contribution in [2.45, 2.75) is 18.1 Å². The van der Waals surface area contributed by atoms with E-state index in [2.05, 4.69) is 15.5 Å². The molecule has 1 amide bonds. The minimum absolute atomic E-state index is 0.0771. The molecule has 1 unspecified atom stereocenters. The lowest BCUT2D eigenvalue weighted by Crippen LogP contribution is -2.28. The van der Waals surface area contributed by atoms with E-state index in [1.165, 1.54) is 11.8 Å². The van der Waals surface area contributed by atoms with Crippen LogP contribution in [0.2, 0.25) is 5.02 Å². The van der Waals surface area contributed by atoms with Gasteiger partial charge in [0, 0.05) is 17.6 Å². The Bertz CT molecular complexity index is 898.